The summed E-state index contributed by atoms with van der Waals surface area (Å²) in [5, 5.41) is 8.37. The molecule has 3 atom stereocenters. The van der Waals surface area contributed by atoms with E-state index in [1.807, 2.05) is 13.8 Å². The summed E-state index contributed by atoms with van der Waals surface area (Å²) in [6.45, 7) is 11.2. The van der Waals surface area contributed by atoms with Gasteiger partial charge in [-0.05, 0) is 105 Å². The highest BCUT2D eigenvalue weighted by atomic mass is 35.5. The maximum absolute atomic E-state index is 6.48. The van der Waals surface area contributed by atoms with E-state index in [1.54, 1.807) is 0 Å². The first-order chi connectivity index (χ1) is 21.1. The summed E-state index contributed by atoms with van der Waals surface area (Å²) < 4.78 is 6.39. The molecule has 4 heteroatoms. The van der Waals surface area contributed by atoms with Gasteiger partial charge in [0.15, 0.2) is 0 Å². The van der Waals surface area contributed by atoms with E-state index < -0.39 is 0 Å². The Bertz CT molecular complexity index is 1370. The van der Waals surface area contributed by atoms with E-state index >= 15 is 0 Å². The highest BCUT2D eigenvalue weighted by Gasteiger charge is 2.27. The van der Waals surface area contributed by atoms with E-state index in [0.717, 1.165) is 68.1 Å². The maximum Gasteiger partial charge on any atom is 0.125 e. The fourth-order valence-corrected chi connectivity index (χ4v) is 6.11. The Morgan fingerprint density at radius 1 is 0.767 bits per heavy atom. The summed E-state index contributed by atoms with van der Waals surface area (Å²) in [5.74, 6) is 1.34. The number of ether oxygens (including phenoxy) is 1. The van der Waals surface area contributed by atoms with Crippen molar-refractivity contribution in [3.8, 4) is 5.75 Å². The average Bonchev–Trinajstić information content (AvgIpc) is 3.05. The minimum atomic E-state index is 0.0409. The maximum atomic E-state index is 6.48. The number of aryl methyl sites for hydroxylation is 2. The van der Waals surface area contributed by atoms with Gasteiger partial charge in [0.05, 0.1) is 0 Å². The third-order valence-electron chi connectivity index (χ3n) is 8.31. The van der Waals surface area contributed by atoms with Crippen molar-refractivity contribution in [2.45, 2.75) is 77.9 Å². The predicted molar refractivity (Wildman–Crippen MR) is 184 cm³/mol. The van der Waals surface area contributed by atoms with Crippen LogP contribution in [0.2, 0.25) is 5.02 Å². The molecule has 0 heterocycles. The number of halogens is 1. The molecular weight excluding hydrogens is 548 g/mol. The zero-order valence-corrected chi connectivity index (χ0v) is 27.2. The molecule has 3 nitrogen and oxygen atoms in total. The van der Waals surface area contributed by atoms with Gasteiger partial charge in [-0.2, -0.15) is 0 Å². The summed E-state index contributed by atoms with van der Waals surface area (Å²) in [6, 6.07) is 34.8. The summed E-state index contributed by atoms with van der Waals surface area (Å²) in [5.41, 5.74) is 7.82. The number of fused-ring (bicyclic) bond motifs is 1. The molecule has 1 aliphatic rings. The van der Waals surface area contributed by atoms with Crippen LogP contribution in [0.5, 0.6) is 5.75 Å². The monoisotopic (exact) mass is 596 g/mol. The summed E-state index contributed by atoms with van der Waals surface area (Å²) in [7, 11) is 0. The molecule has 0 radical (unpaired) electrons. The van der Waals surface area contributed by atoms with Gasteiger partial charge in [-0.3, -0.25) is 0 Å². The Labute approximate surface area is 265 Å². The predicted octanol–water partition coefficient (Wildman–Crippen LogP) is 10.1. The number of hydrogen-bond acceptors (Lipinski definition) is 3. The van der Waals surface area contributed by atoms with E-state index in [2.05, 4.69) is 122 Å². The lowest BCUT2D eigenvalue weighted by molar-refractivity contribution is 0.194. The largest absolute Gasteiger partial charge is 0.486 e. The molecule has 2 N–H and O–H groups in total. The highest BCUT2D eigenvalue weighted by molar-refractivity contribution is 6.31. The molecule has 0 saturated heterocycles. The molecule has 1 aliphatic carbocycles. The molecule has 4 aromatic rings. The Morgan fingerprint density at radius 3 is 2.21 bits per heavy atom. The van der Waals surface area contributed by atoms with Crippen LogP contribution in [0.15, 0.2) is 97.1 Å². The number of nitrogens with one attached hydrogen (secondary N) is 2. The molecule has 228 valence electrons. The van der Waals surface area contributed by atoms with Crippen molar-refractivity contribution >= 4 is 11.6 Å². The number of hydrogen-bond donors (Lipinski definition) is 2. The summed E-state index contributed by atoms with van der Waals surface area (Å²) >= 11 is 6.48. The van der Waals surface area contributed by atoms with Gasteiger partial charge >= 0.3 is 0 Å². The van der Waals surface area contributed by atoms with E-state index in [1.165, 1.54) is 27.8 Å². The third-order valence-corrected chi connectivity index (χ3v) is 8.72. The number of unbranched alkanes of at least 4 members (excludes halogenated alkanes) is 1. The van der Waals surface area contributed by atoms with Gasteiger partial charge in [-0.1, -0.05) is 110 Å². The highest BCUT2D eigenvalue weighted by Crippen LogP contribution is 2.42. The molecule has 5 rings (SSSR count). The van der Waals surface area contributed by atoms with E-state index in [4.69, 9.17) is 16.3 Å². The lowest BCUT2D eigenvalue weighted by Crippen LogP contribution is -2.28. The Balaban J connectivity index is 0.00000207. The first kappa shape index (κ1) is 32.8. The average molecular weight is 597 g/mol. The first-order valence-corrected chi connectivity index (χ1v) is 16.5. The Morgan fingerprint density at radius 2 is 1.47 bits per heavy atom. The molecular formula is C39H49ClN2O. The second kappa shape index (κ2) is 17.3. The van der Waals surface area contributed by atoms with Crippen molar-refractivity contribution in [3.05, 3.63) is 135 Å². The Hall–Kier alpha value is -3.11. The number of benzene rings is 4. The van der Waals surface area contributed by atoms with Crippen LogP contribution in [0.4, 0.5) is 0 Å². The summed E-state index contributed by atoms with van der Waals surface area (Å²) in [6.07, 6.45) is 5.57. The second-order valence-corrected chi connectivity index (χ2v) is 11.8. The molecule has 4 aromatic carbocycles. The van der Waals surface area contributed by atoms with Crippen LogP contribution in [0.1, 0.15) is 97.4 Å². The standard InChI is InChI=1S/C37H43ClN2O.C2H6/c1-27-14-18-31(19-15-27)41-37(29-10-4-3-5-11-29)22-25-39-23-8-9-24-40-36-21-20-32(33-12-6-7-13-34(33)36)30-17-16-28(2)35(38)26-30;1-2/h3-7,10-19,26,32,36-37,39-40H,8-9,20-25H2,1-2H3;1-2H3. The van der Waals surface area contributed by atoms with Crippen molar-refractivity contribution in [2.75, 3.05) is 19.6 Å². The topological polar surface area (TPSA) is 33.3 Å². The van der Waals surface area contributed by atoms with Crippen LogP contribution in [0.3, 0.4) is 0 Å². The molecule has 0 bridgehead atoms. The zero-order chi connectivity index (χ0) is 30.4. The van der Waals surface area contributed by atoms with E-state index in [-0.39, 0.29) is 6.10 Å². The molecule has 0 saturated carbocycles. The first-order valence-electron chi connectivity index (χ1n) is 16.2. The van der Waals surface area contributed by atoms with Crippen molar-refractivity contribution in [2.24, 2.45) is 0 Å². The zero-order valence-electron chi connectivity index (χ0n) is 26.4. The molecule has 3 unspecified atom stereocenters. The van der Waals surface area contributed by atoms with Crippen LogP contribution in [-0.2, 0) is 0 Å². The normalized spacial score (nSPS) is 16.5. The molecule has 0 amide bonds. The molecule has 0 spiro atoms. The summed E-state index contributed by atoms with van der Waals surface area (Å²) in [4.78, 5) is 0. The lowest BCUT2D eigenvalue weighted by atomic mass is 9.76. The smallest absolute Gasteiger partial charge is 0.125 e. The van der Waals surface area contributed by atoms with Gasteiger partial charge in [-0.25, -0.2) is 0 Å². The van der Waals surface area contributed by atoms with Crippen LogP contribution in [-0.4, -0.2) is 19.6 Å². The van der Waals surface area contributed by atoms with Crippen molar-refractivity contribution in [1.82, 2.24) is 10.6 Å². The van der Waals surface area contributed by atoms with E-state index in [0.29, 0.717) is 12.0 Å². The SMILES string of the molecule is CC.Cc1ccc(OC(CCNCCCCNC2CCC(c3ccc(C)c(Cl)c3)c3ccccc32)c2ccccc2)cc1. The molecule has 43 heavy (non-hydrogen) atoms. The van der Waals surface area contributed by atoms with Crippen molar-refractivity contribution in [1.29, 1.82) is 0 Å². The molecule has 0 aromatic heterocycles. The van der Waals surface area contributed by atoms with Gasteiger partial charge in [0.1, 0.15) is 11.9 Å². The molecule has 0 fully saturated rings. The van der Waals surface area contributed by atoms with E-state index in [9.17, 15) is 0 Å². The van der Waals surface area contributed by atoms with Gasteiger partial charge in [-0.15, -0.1) is 0 Å². The van der Waals surface area contributed by atoms with Crippen molar-refractivity contribution < 1.29 is 4.74 Å². The van der Waals surface area contributed by atoms with Crippen LogP contribution in [0, 0.1) is 13.8 Å². The van der Waals surface area contributed by atoms with Gasteiger partial charge in [0, 0.05) is 23.4 Å². The van der Waals surface area contributed by atoms with Crippen LogP contribution >= 0.6 is 11.6 Å². The second-order valence-electron chi connectivity index (χ2n) is 11.4. The third kappa shape index (κ3) is 9.44. The van der Waals surface area contributed by atoms with Gasteiger partial charge in [0.2, 0.25) is 0 Å². The minimum absolute atomic E-state index is 0.0409. The Kier molecular flexibility index (Phi) is 13.2. The number of rotatable bonds is 13. The minimum Gasteiger partial charge on any atom is -0.486 e. The van der Waals surface area contributed by atoms with Crippen LogP contribution < -0.4 is 15.4 Å². The van der Waals surface area contributed by atoms with Crippen LogP contribution in [0.25, 0.3) is 0 Å². The van der Waals surface area contributed by atoms with Gasteiger partial charge < -0.3 is 15.4 Å². The quantitative estimate of drug-likeness (QED) is 0.151. The fraction of sp³-hybridized carbons (Fsp3) is 0.385. The lowest BCUT2D eigenvalue weighted by Gasteiger charge is -2.33. The fourth-order valence-electron chi connectivity index (χ4n) is 5.93. The van der Waals surface area contributed by atoms with Crippen molar-refractivity contribution in [3.63, 3.8) is 0 Å². The van der Waals surface area contributed by atoms with Gasteiger partial charge in [0.25, 0.3) is 0 Å². The molecule has 0 aliphatic heterocycles.